The van der Waals surface area contributed by atoms with Crippen LogP contribution in [0.4, 0.5) is 5.69 Å². The highest BCUT2D eigenvalue weighted by Gasteiger charge is 2.22. The Morgan fingerprint density at radius 3 is 2.85 bits per heavy atom. The summed E-state index contributed by atoms with van der Waals surface area (Å²) in [7, 11) is 0. The molecule has 0 saturated carbocycles. The van der Waals surface area contributed by atoms with Gasteiger partial charge in [-0.05, 0) is 37.6 Å². The number of imidazole rings is 1. The molecule has 1 amide bonds. The van der Waals surface area contributed by atoms with Crippen molar-refractivity contribution < 1.29 is 4.79 Å². The van der Waals surface area contributed by atoms with Crippen LogP contribution in [0.5, 0.6) is 0 Å². The summed E-state index contributed by atoms with van der Waals surface area (Å²) < 4.78 is 1.79. The summed E-state index contributed by atoms with van der Waals surface area (Å²) in [6.45, 7) is 5.12. The molecule has 1 saturated heterocycles. The zero-order chi connectivity index (χ0) is 18.1. The van der Waals surface area contributed by atoms with E-state index < -0.39 is 0 Å². The van der Waals surface area contributed by atoms with Crippen LogP contribution in [0, 0.1) is 6.92 Å². The topological polar surface area (TPSA) is 53.7 Å². The summed E-state index contributed by atoms with van der Waals surface area (Å²) in [5.41, 5.74) is 3.35. The zero-order valence-corrected chi connectivity index (χ0v) is 15.4. The lowest BCUT2D eigenvalue weighted by molar-refractivity contribution is 0.0762. The van der Waals surface area contributed by atoms with Gasteiger partial charge >= 0.3 is 0 Å². The monoisotopic (exact) mass is 369 g/mol. The number of rotatable bonds is 2. The highest BCUT2D eigenvalue weighted by Crippen LogP contribution is 2.18. The molecule has 4 heterocycles. The number of aryl methyl sites for hydroxylation is 1. The van der Waals surface area contributed by atoms with Gasteiger partial charge < -0.3 is 14.2 Å². The molecule has 0 radical (unpaired) electrons. The number of pyridine rings is 2. The van der Waals surface area contributed by atoms with Gasteiger partial charge in [-0.3, -0.25) is 9.78 Å². The van der Waals surface area contributed by atoms with E-state index in [9.17, 15) is 4.79 Å². The minimum absolute atomic E-state index is 0.0300. The zero-order valence-electron chi connectivity index (χ0n) is 14.6. The third-order valence-electron chi connectivity index (χ3n) is 4.66. The number of carbonyl (C=O) groups is 1. The maximum Gasteiger partial charge on any atom is 0.274 e. The first-order chi connectivity index (χ1) is 12.6. The summed E-state index contributed by atoms with van der Waals surface area (Å²) >= 11 is 6.01. The van der Waals surface area contributed by atoms with Crippen molar-refractivity contribution in [3.63, 3.8) is 0 Å². The van der Waals surface area contributed by atoms with Crippen molar-refractivity contribution in [2.24, 2.45) is 0 Å². The summed E-state index contributed by atoms with van der Waals surface area (Å²) in [6.07, 6.45) is 6.27. The fourth-order valence-electron chi connectivity index (χ4n) is 3.34. The molecule has 1 aliphatic heterocycles. The lowest BCUT2D eigenvalue weighted by Crippen LogP contribution is -2.35. The molecule has 0 aliphatic carbocycles. The standard InChI is InChI=1S/C19H20ClN5O/c1-14-11-16(5-6-21-14)23-7-2-8-24(10-9-23)19(26)17-13-25-12-15(20)3-4-18(25)22-17/h3-6,11-13H,2,7-10H2,1H3. The van der Waals surface area contributed by atoms with E-state index in [1.165, 1.54) is 0 Å². The Kier molecular flexibility index (Phi) is 4.51. The lowest BCUT2D eigenvalue weighted by atomic mass is 10.3. The number of anilines is 1. The Bertz CT molecular complexity index is 954. The molecule has 0 unspecified atom stereocenters. The van der Waals surface area contributed by atoms with Gasteiger partial charge in [0.1, 0.15) is 11.3 Å². The lowest BCUT2D eigenvalue weighted by Gasteiger charge is -2.23. The fraction of sp³-hybridized carbons (Fsp3) is 0.316. The third-order valence-corrected chi connectivity index (χ3v) is 4.89. The second-order valence-corrected chi connectivity index (χ2v) is 6.96. The minimum atomic E-state index is -0.0300. The molecular formula is C19H20ClN5O. The number of fused-ring (bicyclic) bond motifs is 1. The van der Waals surface area contributed by atoms with E-state index >= 15 is 0 Å². The molecule has 1 fully saturated rings. The Morgan fingerprint density at radius 1 is 1.12 bits per heavy atom. The molecule has 0 aromatic carbocycles. The first-order valence-corrected chi connectivity index (χ1v) is 9.09. The van der Waals surface area contributed by atoms with Crippen molar-refractivity contribution in [2.45, 2.75) is 13.3 Å². The average molecular weight is 370 g/mol. The van der Waals surface area contributed by atoms with Crippen molar-refractivity contribution in [1.82, 2.24) is 19.3 Å². The van der Waals surface area contributed by atoms with Crippen LogP contribution >= 0.6 is 11.6 Å². The number of hydrogen-bond donors (Lipinski definition) is 0. The molecule has 0 atom stereocenters. The molecule has 6 nitrogen and oxygen atoms in total. The highest BCUT2D eigenvalue weighted by atomic mass is 35.5. The second kappa shape index (κ2) is 6.96. The number of carbonyl (C=O) groups excluding carboxylic acids is 1. The van der Waals surface area contributed by atoms with Gasteiger partial charge in [-0.25, -0.2) is 4.98 Å². The molecule has 3 aromatic rings. The number of amides is 1. The van der Waals surface area contributed by atoms with Crippen LogP contribution in [0.25, 0.3) is 5.65 Å². The molecule has 26 heavy (non-hydrogen) atoms. The van der Waals surface area contributed by atoms with Crippen LogP contribution < -0.4 is 4.90 Å². The smallest absolute Gasteiger partial charge is 0.274 e. The van der Waals surface area contributed by atoms with E-state index in [0.29, 0.717) is 17.3 Å². The summed E-state index contributed by atoms with van der Waals surface area (Å²) in [5.74, 6) is -0.0300. The molecule has 4 rings (SSSR count). The van der Waals surface area contributed by atoms with Crippen molar-refractivity contribution in [3.8, 4) is 0 Å². The van der Waals surface area contributed by atoms with E-state index in [2.05, 4.69) is 20.9 Å². The number of nitrogens with zero attached hydrogens (tertiary/aromatic N) is 5. The molecule has 0 N–H and O–H groups in total. The van der Waals surface area contributed by atoms with Crippen LogP contribution in [0.3, 0.4) is 0 Å². The van der Waals surface area contributed by atoms with Crippen LogP contribution in [0.15, 0.2) is 42.9 Å². The van der Waals surface area contributed by atoms with Gasteiger partial charge in [0, 0.05) is 56.2 Å². The van der Waals surface area contributed by atoms with E-state index in [0.717, 1.165) is 43.1 Å². The van der Waals surface area contributed by atoms with Crippen molar-refractivity contribution >= 4 is 28.8 Å². The summed E-state index contributed by atoms with van der Waals surface area (Å²) in [4.78, 5) is 25.8. The Labute approximate surface area is 157 Å². The van der Waals surface area contributed by atoms with Crippen LogP contribution in [0.1, 0.15) is 22.6 Å². The molecule has 0 bridgehead atoms. The molecule has 3 aromatic heterocycles. The summed E-state index contributed by atoms with van der Waals surface area (Å²) in [6, 6.07) is 7.70. The Morgan fingerprint density at radius 2 is 2.00 bits per heavy atom. The molecule has 1 aliphatic rings. The van der Waals surface area contributed by atoms with Gasteiger partial charge in [0.15, 0.2) is 0 Å². The quantitative estimate of drug-likeness (QED) is 0.696. The van der Waals surface area contributed by atoms with Gasteiger partial charge in [0.25, 0.3) is 5.91 Å². The molecule has 0 spiro atoms. The van der Waals surface area contributed by atoms with Crippen LogP contribution in [-0.4, -0.2) is 51.4 Å². The molecule has 7 heteroatoms. The number of halogens is 1. The van der Waals surface area contributed by atoms with E-state index in [4.69, 9.17) is 11.6 Å². The first-order valence-electron chi connectivity index (χ1n) is 8.71. The second-order valence-electron chi connectivity index (χ2n) is 6.53. The van der Waals surface area contributed by atoms with Gasteiger partial charge in [-0.2, -0.15) is 0 Å². The van der Waals surface area contributed by atoms with Gasteiger partial charge in [-0.1, -0.05) is 11.6 Å². The van der Waals surface area contributed by atoms with Crippen LogP contribution in [-0.2, 0) is 0 Å². The minimum Gasteiger partial charge on any atom is -0.370 e. The predicted octanol–water partition coefficient (Wildman–Crippen LogP) is 3.04. The Hall–Kier alpha value is -2.60. The Balaban J connectivity index is 1.50. The van der Waals surface area contributed by atoms with E-state index in [-0.39, 0.29) is 5.91 Å². The summed E-state index contributed by atoms with van der Waals surface area (Å²) in [5, 5.41) is 0.618. The fourth-order valence-corrected chi connectivity index (χ4v) is 3.50. The largest absolute Gasteiger partial charge is 0.370 e. The van der Waals surface area contributed by atoms with Crippen molar-refractivity contribution in [2.75, 3.05) is 31.1 Å². The van der Waals surface area contributed by atoms with E-state index in [1.54, 1.807) is 22.9 Å². The van der Waals surface area contributed by atoms with Gasteiger partial charge in [-0.15, -0.1) is 0 Å². The highest BCUT2D eigenvalue weighted by molar-refractivity contribution is 6.30. The maximum atomic E-state index is 12.9. The molecule has 134 valence electrons. The predicted molar refractivity (Wildman–Crippen MR) is 102 cm³/mol. The number of hydrogen-bond acceptors (Lipinski definition) is 4. The van der Waals surface area contributed by atoms with Crippen molar-refractivity contribution in [3.05, 3.63) is 59.3 Å². The number of aromatic nitrogens is 3. The van der Waals surface area contributed by atoms with Gasteiger partial charge in [0.05, 0.1) is 5.02 Å². The maximum absolute atomic E-state index is 12.9. The van der Waals surface area contributed by atoms with Crippen molar-refractivity contribution in [1.29, 1.82) is 0 Å². The third kappa shape index (κ3) is 3.37. The average Bonchev–Trinajstić information content (AvgIpc) is 2.89. The normalized spacial score (nSPS) is 15.3. The van der Waals surface area contributed by atoms with Gasteiger partial charge in [0.2, 0.25) is 0 Å². The van der Waals surface area contributed by atoms with Crippen LogP contribution in [0.2, 0.25) is 5.02 Å². The molecular weight excluding hydrogens is 350 g/mol. The first kappa shape index (κ1) is 16.8. The SMILES string of the molecule is Cc1cc(N2CCCN(C(=O)c3cn4cc(Cl)ccc4n3)CC2)ccn1. The van der Waals surface area contributed by atoms with E-state index in [1.807, 2.05) is 30.2 Å².